The molecule has 3 rings (SSSR count). The highest BCUT2D eigenvalue weighted by molar-refractivity contribution is 6.04. The molecule has 2 amide bonds. The number of hydrogen-bond acceptors (Lipinski definition) is 4. The van der Waals surface area contributed by atoms with Crippen LogP contribution in [0.5, 0.6) is 5.75 Å². The van der Waals surface area contributed by atoms with E-state index < -0.39 is 0 Å². The summed E-state index contributed by atoms with van der Waals surface area (Å²) in [7, 11) is 3.37. The second-order valence-electron chi connectivity index (χ2n) is 7.70. The van der Waals surface area contributed by atoms with E-state index >= 15 is 0 Å². The van der Waals surface area contributed by atoms with E-state index in [0.717, 1.165) is 11.1 Å². The first-order chi connectivity index (χ1) is 15.9. The van der Waals surface area contributed by atoms with E-state index in [9.17, 15) is 9.59 Å². The number of carbonyl (C=O) groups is 2. The van der Waals surface area contributed by atoms with Crippen molar-refractivity contribution < 1.29 is 19.1 Å². The van der Waals surface area contributed by atoms with Crippen molar-refractivity contribution in [2.75, 3.05) is 26.1 Å². The van der Waals surface area contributed by atoms with Crippen molar-refractivity contribution in [3.63, 3.8) is 0 Å². The van der Waals surface area contributed by atoms with E-state index in [1.165, 1.54) is 0 Å². The molecule has 3 aromatic carbocycles. The second-order valence-corrected chi connectivity index (χ2v) is 7.70. The molecule has 1 atom stereocenters. The summed E-state index contributed by atoms with van der Waals surface area (Å²) in [5.41, 5.74) is 3.58. The number of ether oxygens (including phenoxy) is 2. The maximum absolute atomic E-state index is 13.2. The first-order valence-electron chi connectivity index (χ1n) is 10.9. The van der Waals surface area contributed by atoms with Crippen LogP contribution in [0.2, 0.25) is 0 Å². The number of benzene rings is 3. The van der Waals surface area contributed by atoms with Gasteiger partial charge in [-0.1, -0.05) is 30.3 Å². The summed E-state index contributed by atoms with van der Waals surface area (Å²) in [6, 6.07) is 21.8. The number of carbonyl (C=O) groups excluding carboxylic acids is 2. The molecule has 0 aliphatic carbocycles. The highest BCUT2D eigenvalue weighted by Gasteiger charge is 2.20. The summed E-state index contributed by atoms with van der Waals surface area (Å²) < 4.78 is 10.9. The lowest BCUT2D eigenvalue weighted by Crippen LogP contribution is -2.29. The fourth-order valence-corrected chi connectivity index (χ4v) is 3.51. The van der Waals surface area contributed by atoms with Gasteiger partial charge in [0.2, 0.25) is 0 Å². The number of methoxy groups -OCH3 is 1. The predicted molar refractivity (Wildman–Crippen MR) is 130 cm³/mol. The van der Waals surface area contributed by atoms with Gasteiger partial charge in [0.15, 0.2) is 0 Å². The smallest absolute Gasteiger partial charge is 0.255 e. The lowest BCUT2D eigenvalue weighted by Gasteiger charge is -2.26. The van der Waals surface area contributed by atoms with Crippen molar-refractivity contribution in [2.45, 2.75) is 26.5 Å². The van der Waals surface area contributed by atoms with Crippen molar-refractivity contribution >= 4 is 17.5 Å². The molecule has 0 heterocycles. The monoisotopic (exact) mass is 446 g/mol. The highest BCUT2D eigenvalue weighted by Crippen LogP contribution is 2.26. The lowest BCUT2D eigenvalue weighted by atomic mass is 10.0. The van der Waals surface area contributed by atoms with E-state index in [0.29, 0.717) is 35.8 Å². The van der Waals surface area contributed by atoms with Crippen molar-refractivity contribution in [1.82, 2.24) is 4.90 Å². The Labute approximate surface area is 195 Å². The summed E-state index contributed by atoms with van der Waals surface area (Å²) in [6.45, 7) is 4.84. The Balaban J connectivity index is 1.75. The molecule has 3 aromatic rings. The van der Waals surface area contributed by atoms with Gasteiger partial charge in [-0.2, -0.15) is 0 Å². The molecule has 0 saturated carbocycles. The zero-order chi connectivity index (χ0) is 23.8. The van der Waals surface area contributed by atoms with E-state index in [1.807, 2.05) is 62.4 Å². The zero-order valence-electron chi connectivity index (χ0n) is 19.5. The number of nitrogens with zero attached hydrogens (tertiary/aromatic N) is 1. The van der Waals surface area contributed by atoms with Gasteiger partial charge in [0, 0.05) is 36.0 Å². The van der Waals surface area contributed by atoms with Crippen molar-refractivity contribution in [2.24, 2.45) is 0 Å². The topological polar surface area (TPSA) is 67.9 Å². The fraction of sp³-hybridized carbons (Fsp3) is 0.259. The van der Waals surface area contributed by atoms with Crippen LogP contribution in [0.1, 0.15) is 51.7 Å². The Bertz CT molecular complexity index is 1100. The van der Waals surface area contributed by atoms with Crippen LogP contribution in [0, 0.1) is 0 Å². The van der Waals surface area contributed by atoms with Crippen LogP contribution in [0.4, 0.5) is 5.69 Å². The van der Waals surface area contributed by atoms with Gasteiger partial charge >= 0.3 is 0 Å². The first-order valence-corrected chi connectivity index (χ1v) is 10.9. The fourth-order valence-electron chi connectivity index (χ4n) is 3.51. The van der Waals surface area contributed by atoms with Crippen molar-refractivity contribution in [3.8, 4) is 5.75 Å². The van der Waals surface area contributed by atoms with Crippen LogP contribution in [-0.2, 0) is 11.3 Å². The normalized spacial score (nSPS) is 11.5. The van der Waals surface area contributed by atoms with Crippen LogP contribution in [-0.4, -0.2) is 37.5 Å². The highest BCUT2D eigenvalue weighted by atomic mass is 16.5. The Morgan fingerprint density at radius 1 is 0.970 bits per heavy atom. The quantitative estimate of drug-likeness (QED) is 0.483. The third kappa shape index (κ3) is 5.99. The number of amides is 2. The summed E-state index contributed by atoms with van der Waals surface area (Å²) >= 11 is 0. The molecule has 6 nitrogen and oxygen atoms in total. The van der Waals surface area contributed by atoms with Crippen LogP contribution in [0.3, 0.4) is 0 Å². The van der Waals surface area contributed by atoms with Gasteiger partial charge in [-0.05, 0) is 61.9 Å². The second kappa shape index (κ2) is 11.3. The summed E-state index contributed by atoms with van der Waals surface area (Å²) in [5.74, 6) is 0.407. The van der Waals surface area contributed by atoms with Gasteiger partial charge in [0.25, 0.3) is 11.8 Å². The molecule has 0 aliphatic heterocycles. The molecule has 6 heteroatoms. The molecule has 0 saturated heterocycles. The minimum Gasteiger partial charge on any atom is -0.496 e. The van der Waals surface area contributed by atoms with E-state index in [2.05, 4.69) is 5.32 Å². The molecule has 0 spiro atoms. The van der Waals surface area contributed by atoms with Crippen molar-refractivity contribution in [3.05, 3.63) is 95.1 Å². The number of nitrogens with one attached hydrogen (secondary N) is 1. The number of anilines is 1. The number of rotatable bonds is 9. The third-order valence-corrected chi connectivity index (χ3v) is 5.55. The van der Waals surface area contributed by atoms with Gasteiger partial charge < -0.3 is 19.7 Å². The minimum absolute atomic E-state index is 0.110. The standard InChI is InChI=1S/C27H30N2O4/c1-5-33-18-23-16-22(14-15-25(23)32-4)27(31)29(3)19(2)21-12-9-13-24(17-21)28-26(30)20-10-7-6-8-11-20/h6-17,19H,5,18H2,1-4H3,(H,28,30). The molecule has 1 N–H and O–H groups in total. The molecule has 1 unspecified atom stereocenters. The molecule has 172 valence electrons. The molecule has 0 bridgehead atoms. The van der Waals surface area contributed by atoms with E-state index in [1.54, 1.807) is 43.3 Å². The van der Waals surface area contributed by atoms with Gasteiger partial charge in [-0.15, -0.1) is 0 Å². The SMILES string of the molecule is CCOCc1cc(C(=O)N(C)C(C)c2cccc(NC(=O)c3ccccc3)c2)ccc1OC. The van der Waals surface area contributed by atoms with Gasteiger partial charge in [0.05, 0.1) is 19.8 Å². The Morgan fingerprint density at radius 2 is 1.73 bits per heavy atom. The minimum atomic E-state index is -0.205. The van der Waals surface area contributed by atoms with Crippen LogP contribution < -0.4 is 10.1 Å². The van der Waals surface area contributed by atoms with Gasteiger partial charge in [-0.3, -0.25) is 9.59 Å². The van der Waals surface area contributed by atoms with E-state index in [4.69, 9.17) is 9.47 Å². The van der Waals surface area contributed by atoms with Crippen LogP contribution in [0.15, 0.2) is 72.8 Å². The Morgan fingerprint density at radius 3 is 2.42 bits per heavy atom. The maximum Gasteiger partial charge on any atom is 0.255 e. The molecule has 0 aliphatic rings. The zero-order valence-corrected chi connectivity index (χ0v) is 19.5. The summed E-state index contributed by atoms with van der Waals surface area (Å²) in [6.07, 6.45) is 0. The maximum atomic E-state index is 13.2. The predicted octanol–water partition coefficient (Wildman–Crippen LogP) is 5.32. The lowest BCUT2D eigenvalue weighted by molar-refractivity contribution is 0.0741. The van der Waals surface area contributed by atoms with Gasteiger partial charge in [0.1, 0.15) is 5.75 Å². The molecule has 0 aromatic heterocycles. The van der Waals surface area contributed by atoms with Gasteiger partial charge in [-0.25, -0.2) is 0 Å². The number of hydrogen-bond donors (Lipinski definition) is 1. The van der Waals surface area contributed by atoms with Crippen LogP contribution in [0.25, 0.3) is 0 Å². The third-order valence-electron chi connectivity index (χ3n) is 5.55. The first kappa shape index (κ1) is 24.0. The van der Waals surface area contributed by atoms with E-state index in [-0.39, 0.29) is 17.9 Å². The average molecular weight is 447 g/mol. The Kier molecular flexibility index (Phi) is 8.22. The average Bonchev–Trinajstić information content (AvgIpc) is 2.86. The molecule has 33 heavy (non-hydrogen) atoms. The summed E-state index contributed by atoms with van der Waals surface area (Å²) in [5, 5.41) is 2.92. The van der Waals surface area contributed by atoms with Crippen LogP contribution >= 0.6 is 0 Å². The summed E-state index contributed by atoms with van der Waals surface area (Å²) in [4.78, 5) is 27.4. The van der Waals surface area contributed by atoms with Crippen molar-refractivity contribution in [1.29, 1.82) is 0 Å². The molecule has 0 radical (unpaired) electrons. The molecular weight excluding hydrogens is 416 g/mol. The Hall–Kier alpha value is -3.64. The molecular formula is C27H30N2O4. The largest absolute Gasteiger partial charge is 0.496 e. The molecule has 0 fully saturated rings.